The van der Waals surface area contributed by atoms with E-state index in [-0.39, 0.29) is 24.5 Å². The average Bonchev–Trinajstić information content (AvgIpc) is 3.12. The van der Waals surface area contributed by atoms with Crippen molar-refractivity contribution in [3.63, 3.8) is 0 Å². The van der Waals surface area contributed by atoms with Gasteiger partial charge < -0.3 is 20.1 Å². The van der Waals surface area contributed by atoms with Crippen LogP contribution in [0.1, 0.15) is 29.2 Å². The first-order chi connectivity index (χ1) is 12.5. The van der Waals surface area contributed by atoms with Crippen LogP contribution >= 0.6 is 11.3 Å². The number of thiazole rings is 1. The molecular weight excluding hydrogens is 354 g/mol. The number of rotatable bonds is 9. The number of hydrogen-bond donors (Lipinski definition) is 2. The van der Waals surface area contributed by atoms with Crippen LogP contribution in [0.3, 0.4) is 0 Å². The topological polar surface area (TPSA) is 89.6 Å². The van der Waals surface area contributed by atoms with Crippen LogP contribution in [0.4, 0.5) is 0 Å². The van der Waals surface area contributed by atoms with Crippen LogP contribution in [0.15, 0.2) is 29.8 Å². The lowest BCUT2D eigenvalue weighted by atomic mass is 10.2. The number of benzene rings is 1. The zero-order valence-electron chi connectivity index (χ0n) is 15.1. The van der Waals surface area contributed by atoms with Gasteiger partial charge in [-0.2, -0.15) is 0 Å². The van der Waals surface area contributed by atoms with Gasteiger partial charge in [-0.1, -0.05) is 0 Å². The molecule has 0 radical (unpaired) electrons. The molecule has 0 aliphatic heterocycles. The molecule has 26 heavy (non-hydrogen) atoms. The highest BCUT2D eigenvalue weighted by atomic mass is 32.1. The molecule has 0 fully saturated rings. The summed E-state index contributed by atoms with van der Waals surface area (Å²) in [5.41, 5.74) is 0.458. The normalized spacial score (nSPS) is 10.5. The van der Waals surface area contributed by atoms with Crippen LogP contribution in [-0.2, 0) is 11.2 Å². The van der Waals surface area contributed by atoms with E-state index in [9.17, 15) is 9.59 Å². The molecule has 0 aliphatic carbocycles. The predicted molar refractivity (Wildman–Crippen MR) is 99.9 cm³/mol. The van der Waals surface area contributed by atoms with Crippen LogP contribution in [0.2, 0.25) is 0 Å². The van der Waals surface area contributed by atoms with Gasteiger partial charge in [-0.25, -0.2) is 4.98 Å². The molecule has 7 nitrogen and oxygen atoms in total. The van der Waals surface area contributed by atoms with Gasteiger partial charge in [-0.3, -0.25) is 9.59 Å². The Hall–Kier alpha value is -2.61. The monoisotopic (exact) mass is 377 g/mol. The van der Waals surface area contributed by atoms with Crippen molar-refractivity contribution in [1.82, 2.24) is 15.6 Å². The minimum absolute atomic E-state index is 0.0449. The van der Waals surface area contributed by atoms with Crippen LogP contribution in [0.25, 0.3) is 0 Å². The Labute approximate surface area is 156 Å². The van der Waals surface area contributed by atoms with Gasteiger partial charge >= 0.3 is 0 Å². The molecule has 0 atom stereocenters. The molecule has 2 N–H and O–H groups in total. The Bertz CT molecular complexity index is 732. The number of carbonyl (C=O) groups is 2. The lowest BCUT2D eigenvalue weighted by molar-refractivity contribution is -0.123. The Morgan fingerprint density at radius 2 is 2.08 bits per heavy atom. The van der Waals surface area contributed by atoms with Crippen molar-refractivity contribution in [2.45, 2.75) is 26.3 Å². The van der Waals surface area contributed by atoms with Gasteiger partial charge in [0, 0.05) is 36.1 Å². The SMILES string of the molecule is COc1cc(C(=O)NCCc2nccs2)ccc1OCC(=O)NC(C)C. The van der Waals surface area contributed by atoms with Crippen LogP contribution in [-0.4, -0.2) is 43.1 Å². The van der Waals surface area contributed by atoms with E-state index >= 15 is 0 Å². The van der Waals surface area contributed by atoms with E-state index in [1.165, 1.54) is 7.11 Å². The number of aromatic nitrogens is 1. The van der Waals surface area contributed by atoms with E-state index in [1.54, 1.807) is 35.7 Å². The second kappa shape index (κ2) is 9.76. The first-order valence-corrected chi connectivity index (χ1v) is 9.14. The van der Waals surface area contributed by atoms with Gasteiger partial charge in [0.05, 0.1) is 12.1 Å². The van der Waals surface area contributed by atoms with Crippen molar-refractivity contribution < 1.29 is 19.1 Å². The summed E-state index contributed by atoms with van der Waals surface area (Å²) in [4.78, 5) is 28.1. The van der Waals surface area contributed by atoms with Crippen LogP contribution in [0.5, 0.6) is 11.5 Å². The summed E-state index contributed by atoms with van der Waals surface area (Å²) >= 11 is 1.56. The highest BCUT2D eigenvalue weighted by Gasteiger charge is 2.13. The van der Waals surface area contributed by atoms with E-state index < -0.39 is 0 Å². The van der Waals surface area contributed by atoms with E-state index in [4.69, 9.17) is 9.47 Å². The van der Waals surface area contributed by atoms with Crippen molar-refractivity contribution in [3.05, 3.63) is 40.3 Å². The lowest BCUT2D eigenvalue weighted by Crippen LogP contribution is -2.34. The molecule has 2 aromatic rings. The van der Waals surface area contributed by atoms with Crippen molar-refractivity contribution >= 4 is 23.2 Å². The van der Waals surface area contributed by atoms with Crippen molar-refractivity contribution in [2.24, 2.45) is 0 Å². The standard InChI is InChI=1S/C18H23N3O4S/c1-12(2)21-16(22)11-25-14-5-4-13(10-15(14)24-3)18(23)20-7-6-17-19-8-9-26-17/h4-5,8-10,12H,6-7,11H2,1-3H3,(H,20,23)(H,21,22). The third-order valence-electron chi connectivity index (χ3n) is 3.34. The van der Waals surface area contributed by atoms with Crippen molar-refractivity contribution in [3.8, 4) is 11.5 Å². The van der Waals surface area contributed by atoms with Gasteiger partial charge in [0.2, 0.25) is 0 Å². The zero-order valence-corrected chi connectivity index (χ0v) is 15.9. The number of nitrogens with zero attached hydrogens (tertiary/aromatic N) is 1. The molecule has 1 heterocycles. The molecule has 0 aliphatic rings. The molecule has 0 unspecified atom stereocenters. The van der Waals surface area contributed by atoms with E-state index in [0.29, 0.717) is 30.0 Å². The first kappa shape index (κ1) is 19.7. The minimum Gasteiger partial charge on any atom is -0.493 e. The predicted octanol–water partition coefficient (Wildman–Crippen LogP) is 2.03. The summed E-state index contributed by atoms with van der Waals surface area (Å²) in [6.45, 7) is 4.14. The van der Waals surface area contributed by atoms with E-state index in [0.717, 1.165) is 5.01 Å². The smallest absolute Gasteiger partial charge is 0.258 e. The molecule has 8 heteroatoms. The van der Waals surface area contributed by atoms with Crippen molar-refractivity contribution in [1.29, 1.82) is 0 Å². The number of nitrogens with one attached hydrogen (secondary N) is 2. The third kappa shape index (κ3) is 6.03. The number of amides is 2. The van der Waals surface area contributed by atoms with Gasteiger partial charge in [-0.15, -0.1) is 11.3 Å². The first-order valence-electron chi connectivity index (χ1n) is 8.26. The van der Waals surface area contributed by atoms with Gasteiger partial charge in [0.15, 0.2) is 18.1 Å². The molecule has 0 spiro atoms. The summed E-state index contributed by atoms with van der Waals surface area (Å²) < 4.78 is 10.7. The molecule has 2 amide bonds. The molecule has 1 aromatic carbocycles. The third-order valence-corrected chi connectivity index (χ3v) is 4.18. The van der Waals surface area contributed by atoms with Crippen molar-refractivity contribution in [2.75, 3.05) is 20.3 Å². The molecule has 0 saturated carbocycles. The average molecular weight is 377 g/mol. The molecule has 0 bridgehead atoms. The fourth-order valence-corrected chi connectivity index (χ4v) is 2.82. The second-order valence-corrected chi connectivity index (χ2v) is 6.79. The molecule has 2 rings (SSSR count). The Morgan fingerprint density at radius 3 is 2.73 bits per heavy atom. The maximum atomic E-state index is 12.3. The summed E-state index contributed by atoms with van der Waals surface area (Å²) in [6, 6.07) is 4.89. The number of carbonyl (C=O) groups excluding carboxylic acids is 2. The molecule has 0 saturated heterocycles. The van der Waals surface area contributed by atoms with Gasteiger partial charge in [0.1, 0.15) is 0 Å². The van der Waals surface area contributed by atoms with E-state index in [1.807, 2.05) is 19.2 Å². The Balaban J connectivity index is 1.91. The Morgan fingerprint density at radius 1 is 1.27 bits per heavy atom. The molecule has 140 valence electrons. The van der Waals surface area contributed by atoms with Gasteiger partial charge in [-0.05, 0) is 32.0 Å². The second-order valence-electron chi connectivity index (χ2n) is 5.81. The molecule has 1 aromatic heterocycles. The summed E-state index contributed by atoms with van der Waals surface area (Å²) in [5.74, 6) is 0.385. The highest BCUT2D eigenvalue weighted by Crippen LogP contribution is 2.28. The minimum atomic E-state index is -0.217. The van der Waals surface area contributed by atoms with Crippen LogP contribution < -0.4 is 20.1 Å². The quantitative estimate of drug-likeness (QED) is 0.698. The fourth-order valence-electron chi connectivity index (χ4n) is 2.20. The largest absolute Gasteiger partial charge is 0.493 e. The maximum absolute atomic E-state index is 12.3. The molecular formula is C18H23N3O4S. The maximum Gasteiger partial charge on any atom is 0.258 e. The zero-order chi connectivity index (χ0) is 18.9. The number of hydrogen-bond acceptors (Lipinski definition) is 6. The lowest BCUT2D eigenvalue weighted by Gasteiger charge is -2.13. The number of methoxy groups -OCH3 is 1. The summed E-state index contributed by atoms with van der Waals surface area (Å²) in [5, 5.41) is 8.47. The van der Waals surface area contributed by atoms with Crippen LogP contribution in [0, 0.1) is 0 Å². The van der Waals surface area contributed by atoms with Gasteiger partial charge in [0.25, 0.3) is 11.8 Å². The Kier molecular flexibility index (Phi) is 7.40. The van der Waals surface area contributed by atoms with E-state index in [2.05, 4.69) is 15.6 Å². The summed E-state index contributed by atoms with van der Waals surface area (Å²) in [7, 11) is 1.49. The summed E-state index contributed by atoms with van der Waals surface area (Å²) in [6.07, 6.45) is 2.43. The highest BCUT2D eigenvalue weighted by molar-refractivity contribution is 7.09. The fraction of sp³-hybridized carbons (Fsp3) is 0.389. The number of ether oxygens (including phenoxy) is 2.